The Labute approximate surface area is 295 Å². The van der Waals surface area contributed by atoms with E-state index in [0.29, 0.717) is 21.8 Å². The molecule has 7 aromatic carbocycles. The first kappa shape index (κ1) is 29.9. The van der Waals surface area contributed by atoms with Gasteiger partial charge in [0.05, 0.1) is 44.7 Å². The third-order valence-electron chi connectivity index (χ3n) is 9.37. The monoisotopic (exact) mass is 664 g/mol. The molecule has 9 aromatic rings. The minimum absolute atomic E-state index is 0.265. The first-order chi connectivity index (χ1) is 25.6. The van der Waals surface area contributed by atoms with Gasteiger partial charge in [-0.3, -0.25) is 0 Å². The predicted molar refractivity (Wildman–Crippen MR) is 196 cm³/mol. The first-order valence-corrected chi connectivity index (χ1v) is 16.1. The van der Waals surface area contributed by atoms with Crippen molar-refractivity contribution in [1.29, 1.82) is 21.0 Å². The first-order valence-electron chi connectivity index (χ1n) is 16.1. The van der Waals surface area contributed by atoms with Gasteiger partial charge in [-0.05, 0) is 93.7 Å². The van der Waals surface area contributed by atoms with Crippen LogP contribution in [-0.4, -0.2) is 30.0 Å². The summed E-state index contributed by atoms with van der Waals surface area (Å²) in [6.45, 7) is 0. The summed E-state index contributed by atoms with van der Waals surface area (Å²) in [7, 11) is 0. The number of nitriles is 4. The summed E-state index contributed by atoms with van der Waals surface area (Å²) in [5.41, 5.74) is 8.91. The third kappa shape index (κ3) is 4.55. The highest BCUT2D eigenvalue weighted by molar-refractivity contribution is 6.14. The van der Waals surface area contributed by atoms with E-state index in [4.69, 9.17) is 0 Å². The number of fused-ring (bicyclic) bond motifs is 6. The lowest BCUT2D eigenvalue weighted by molar-refractivity contribution is 0.824. The standard InChI is InChI=1S/C42H20N10/c43-21-27-15-35-33(19-39-41(37(35)17-29(27)23-45)47-49-51(39)31-7-3-1-4-8-31)25-11-13-26(14-12-25)34-20-40-42(48-50-52(40)32-9-5-2-6-10-32)38-18-30(24-46)28(22-44)16-36(34)38/h1-20H. The molecule has 0 bridgehead atoms. The Morgan fingerprint density at radius 2 is 0.750 bits per heavy atom. The highest BCUT2D eigenvalue weighted by Crippen LogP contribution is 2.40. The van der Waals surface area contributed by atoms with Crippen LogP contribution in [0.25, 0.3) is 77.2 Å². The molecule has 9 rings (SSSR count). The Morgan fingerprint density at radius 3 is 1.10 bits per heavy atom. The van der Waals surface area contributed by atoms with Gasteiger partial charge in [0, 0.05) is 10.8 Å². The highest BCUT2D eigenvalue weighted by Gasteiger charge is 2.20. The van der Waals surface area contributed by atoms with E-state index in [1.54, 1.807) is 33.6 Å². The van der Waals surface area contributed by atoms with Crippen LogP contribution < -0.4 is 0 Å². The van der Waals surface area contributed by atoms with Crippen LogP contribution >= 0.6 is 0 Å². The fourth-order valence-electron chi connectivity index (χ4n) is 6.88. The fourth-order valence-corrected chi connectivity index (χ4v) is 6.88. The average Bonchev–Trinajstić information content (AvgIpc) is 3.85. The number of hydrogen-bond donors (Lipinski definition) is 0. The summed E-state index contributed by atoms with van der Waals surface area (Å²) in [5, 5.41) is 60.5. The van der Waals surface area contributed by atoms with Crippen molar-refractivity contribution in [2.24, 2.45) is 0 Å². The van der Waals surface area contributed by atoms with E-state index < -0.39 is 0 Å². The highest BCUT2D eigenvalue weighted by atomic mass is 15.4. The van der Waals surface area contributed by atoms with Gasteiger partial charge < -0.3 is 0 Å². The van der Waals surface area contributed by atoms with Gasteiger partial charge in [-0.1, -0.05) is 71.1 Å². The Hall–Kier alpha value is -8.18. The molecular weight excluding hydrogens is 645 g/mol. The topological polar surface area (TPSA) is 157 Å². The number of rotatable bonds is 4. The molecule has 0 atom stereocenters. The normalized spacial score (nSPS) is 11.0. The predicted octanol–water partition coefficient (Wildman–Crippen LogP) is 8.28. The van der Waals surface area contributed by atoms with Crippen LogP contribution in [0.5, 0.6) is 0 Å². The minimum Gasteiger partial charge on any atom is -0.213 e. The molecule has 2 aromatic heterocycles. The van der Waals surface area contributed by atoms with Crippen molar-refractivity contribution in [3.8, 4) is 57.9 Å². The Balaban J connectivity index is 1.28. The fraction of sp³-hybridized carbons (Fsp3) is 0. The minimum atomic E-state index is 0.265. The van der Waals surface area contributed by atoms with Gasteiger partial charge in [-0.2, -0.15) is 21.0 Å². The lowest BCUT2D eigenvalue weighted by Gasteiger charge is -2.13. The summed E-state index contributed by atoms with van der Waals surface area (Å²) in [6.07, 6.45) is 0. The molecule has 0 amide bonds. The summed E-state index contributed by atoms with van der Waals surface area (Å²) >= 11 is 0. The lowest BCUT2D eigenvalue weighted by Crippen LogP contribution is -1.97. The van der Waals surface area contributed by atoms with E-state index in [-0.39, 0.29) is 22.3 Å². The van der Waals surface area contributed by atoms with Crippen LogP contribution in [0.2, 0.25) is 0 Å². The molecule has 0 aliphatic heterocycles. The second kappa shape index (κ2) is 11.8. The maximum absolute atomic E-state index is 9.93. The molecule has 238 valence electrons. The van der Waals surface area contributed by atoms with Gasteiger partial charge in [0.1, 0.15) is 35.3 Å². The van der Waals surface area contributed by atoms with Crippen LogP contribution in [-0.2, 0) is 0 Å². The third-order valence-corrected chi connectivity index (χ3v) is 9.37. The Kier molecular flexibility index (Phi) is 6.76. The molecule has 0 fully saturated rings. The molecule has 10 heteroatoms. The summed E-state index contributed by atoms with van der Waals surface area (Å²) in [4.78, 5) is 0. The van der Waals surface area contributed by atoms with Gasteiger partial charge in [0.2, 0.25) is 0 Å². The van der Waals surface area contributed by atoms with Crippen molar-refractivity contribution in [2.45, 2.75) is 0 Å². The maximum atomic E-state index is 9.93. The van der Waals surface area contributed by atoms with Crippen molar-refractivity contribution in [1.82, 2.24) is 30.0 Å². The largest absolute Gasteiger partial charge is 0.213 e. The molecule has 0 radical (unpaired) electrons. The Bertz CT molecular complexity index is 2880. The lowest BCUT2D eigenvalue weighted by atomic mass is 9.91. The zero-order chi connectivity index (χ0) is 35.3. The summed E-state index contributed by atoms with van der Waals surface area (Å²) in [5.74, 6) is 0. The van der Waals surface area contributed by atoms with E-state index >= 15 is 0 Å². The molecule has 2 heterocycles. The molecule has 0 spiro atoms. The zero-order valence-corrected chi connectivity index (χ0v) is 27.0. The molecule has 0 aliphatic carbocycles. The number of para-hydroxylation sites is 2. The van der Waals surface area contributed by atoms with Crippen molar-refractivity contribution in [3.63, 3.8) is 0 Å². The van der Waals surface area contributed by atoms with Gasteiger partial charge in [0.25, 0.3) is 0 Å². The van der Waals surface area contributed by atoms with Crippen LogP contribution in [0.15, 0.2) is 121 Å². The van der Waals surface area contributed by atoms with E-state index in [0.717, 1.165) is 55.4 Å². The van der Waals surface area contributed by atoms with Gasteiger partial charge in [0.15, 0.2) is 0 Å². The second-order valence-electron chi connectivity index (χ2n) is 12.2. The van der Waals surface area contributed by atoms with Crippen molar-refractivity contribution in [2.75, 3.05) is 0 Å². The van der Waals surface area contributed by atoms with E-state index in [2.05, 4.69) is 44.9 Å². The summed E-state index contributed by atoms with van der Waals surface area (Å²) in [6, 6.07) is 47.0. The molecule has 0 N–H and O–H groups in total. The van der Waals surface area contributed by atoms with Crippen LogP contribution in [0.3, 0.4) is 0 Å². The molecule has 52 heavy (non-hydrogen) atoms. The van der Waals surface area contributed by atoms with Crippen molar-refractivity contribution >= 4 is 43.6 Å². The number of nitrogens with zero attached hydrogens (tertiary/aromatic N) is 10. The van der Waals surface area contributed by atoms with Crippen molar-refractivity contribution in [3.05, 3.63) is 144 Å². The van der Waals surface area contributed by atoms with Crippen LogP contribution in [0.1, 0.15) is 22.3 Å². The zero-order valence-electron chi connectivity index (χ0n) is 27.0. The summed E-state index contributed by atoms with van der Waals surface area (Å²) < 4.78 is 3.54. The average molecular weight is 665 g/mol. The van der Waals surface area contributed by atoms with Gasteiger partial charge in [-0.25, -0.2) is 9.36 Å². The second-order valence-corrected chi connectivity index (χ2v) is 12.2. The SMILES string of the molecule is N#Cc1cc2c(-c3ccc(-c4cc5c(nnn5-c5ccccc5)c5cc(C#N)c(C#N)cc45)cc3)cc3c(nnn3-c3ccccc3)c2cc1C#N. The number of hydrogen-bond acceptors (Lipinski definition) is 8. The van der Waals surface area contributed by atoms with E-state index in [9.17, 15) is 21.0 Å². The van der Waals surface area contributed by atoms with E-state index in [1.165, 1.54) is 0 Å². The molecule has 0 saturated heterocycles. The van der Waals surface area contributed by atoms with Gasteiger partial charge in [-0.15, -0.1) is 10.2 Å². The van der Waals surface area contributed by atoms with E-state index in [1.807, 2.05) is 97.1 Å². The molecule has 10 nitrogen and oxygen atoms in total. The number of benzene rings is 7. The number of aromatic nitrogens is 6. The van der Waals surface area contributed by atoms with Crippen LogP contribution in [0.4, 0.5) is 0 Å². The van der Waals surface area contributed by atoms with Crippen molar-refractivity contribution < 1.29 is 0 Å². The van der Waals surface area contributed by atoms with Crippen LogP contribution in [0, 0.1) is 45.3 Å². The van der Waals surface area contributed by atoms with Gasteiger partial charge >= 0.3 is 0 Å². The molecule has 0 saturated carbocycles. The quantitative estimate of drug-likeness (QED) is 0.182. The molecule has 0 aliphatic rings. The maximum Gasteiger partial charge on any atom is 0.121 e. The molecule has 0 unspecified atom stereocenters. The molecular formula is C42H20N10. The smallest absolute Gasteiger partial charge is 0.121 e. The Morgan fingerprint density at radius 1 is 0.404 bits per heavy atom.